The number of nitrogens with zero attached hydrogens (tertiary/aromatic N) is 1. The standard InChI is InChI=1S/C47H74N4O10/c1-26(37(54)10-7-11-38(55)27(2)13-18-33(53)24-31-9-8-22-51(31)46(48)49)12-16-32(52)17-14-28(3)42(58)29(4)15-19-35-30(5)23-34-36(20-21-39(56)43(34)59)47(35,6)44(60)41-40(57)25-50-45(41)61/h7,10,12-14,16,23,26,29,31-39,42-43,52-59H,8-9,11,15,17-22,24-25H2,1-6H3,(H3,48,49)(H,50,61)/b10-7+,16-12+,27-13+,28-14+/t26?,29?,31?,32?,33?,34-,35-,36-,37?,38?,39-,42?,43+,47+/m1/s1. The van der Waals surface area contributed by atoms with Crippen LogP contribution in [0.5, 0.6) is 0 Å². The lowest BCUT2D eigenvalue weighted by atomic mass is 9.50. The van der Waals surface area contributed by atoms with Crippen LogP contribution in [0.2, 0.25) is 0 Å². The zero-order chi connectivity index (χ0) is 45.3. The second-order valence-electron chi connectivity index (χ2n) is 18.5. The number of amides is 1. The second-order valence-corrected chi connectivity index (χ2v) is 18.5. The van der Waals surface area contributed by atoms with E-state index < -0.39 is 65.8 Å². The Labute approximate surface area is 361 Å². The van der Waals surface area contributed by atoms with E-state index in [1.54, 1.807) is 44.2 Å². The molecule has 14 heteroatoms. The van der Waals surface area contributed by atoms with Gasteiger partial charge in [-0.25, -0.2) is 0 Å². The van der Waals surface area contributed by atoms with Crippen molar-refractivity contribution in [3.8, 4) is 0 Å². The highest BCUT2D eigenvalue weighted by molar-refractivity contribution is 6.23. The maximum Gasteiger partial charge on any atom is 0.258 e. The summed E-state index contributed by atoms with van der Waals surface area (Å²) in [6, 6.07) is 0.0489. The number of nitrogens with two attached hydrogens (primary N) is 1. The summed E-state index contributed by atoms with van der Waals surface area (Å²) < 4.78 is 0. The second kappa shape index (κ2) is 22.1. The molecule has 1 saturated carbocycles. The maximum absolute atomic E-state index is 14.3. The van der Waals surface area contributed by atoms with Gasteiger partial charge in [0.2, 0.25) is 0 Å². The van der Waals surface area contributed by atoms with Crippen molar-refractivity contribution >= 4 is 17.6 Å². The number of allylic oxidation sites excluding steroid dienone is 1. The van der Waals surface area contributed by atoms with Crippen molar-refractivity contribution in [3.63, 3.8) is 0 Å². The van der Waals surface area contributed by atoms with E-state index in [1.807, 2.05) is 44.7 Å². The fourth-order valence-corrected chi connectivity index (χ4v) is 10.0. The molecule has 342 valence electrons. The monoisotopic (exact) mass is 855 g/mol. The largest absolute Gasteiger partial charge is 0.509 e. The summed E-state index contributed by atoms with van der Waals surface area (Å²) in [6.45, 7) is 11.6. The average Bonchev–Trinajstić information content (AvgIpc) is 3.83. The highest BCUT2D eigenvalue weighted by atomic mass is 16.3. The van der Waals surface area contributed by atoms with Crippen molar-refractivity contribution in [1.29, 1.82) is 5.41 Å². The first-order chi connectivity index (χ1) is 28.7. The summed E-state index contributed by atoms with van der Waals surface area (Å²) in [5.41, 5.74) is 6.52. The summed E-state index contributed by atoms with van der Waals surface area (Å²) >= 11 is 0. The number of guanidine groups is 1. The van der Waals surface area contributed by atoms with E-state index in [0.717, 1.165) is 30.5 Å². The average molecular weight is 855 g/mol. The van der Waals surface area contributed by atoms with Crippen LogP contribution in [0, 0.1) is 40.4 Å². The summed E-state index contributed by atoms with van der Waals surface area (Å²) in [5.74, 6) is -3.12. The topological polar surface area (TPSA) is 261 Å². The van der Waals surface area contributed by atoms with Gasteiger partial charge in [-0.15, -0.1) is 0 Å². The molecule has 0 aromatic rings. The molecule has 2 fully saturated rings. The Kier molecular flexibility index (Phi) is 18.1. The fourth-order valence-electron chi connectivity index (χ4n) is 10.0. The van der Waals surface area contributed by atoms with Gasteiger partial charge in [0.15, 0.2) is 11.7 Å². The molecule has 2 aliphatic heterocycles. The van der Waals surface area contributed by atoms with Crippen LogP contribution in [0.3, 0.4) is 0 Å². The minimum Gasteiger partial charge on any atom is -0.509 e. The number of Topliss-reactive ketones (excluding diaryl/α,β-unsaturated/α-hetero) is 1. The SMILES string of the molecule is CC1=C[C@H]2[C@H](O)[C@H](O)CC[C@H]2[C@@](C)(C(=O)C2=C(O)CNC2=O)[C@@H]1CCC(C)C(O)/C(C)=C/CC(O)/C=C/C(C)C(O)/C=C/CC(O)/C(C)=C/CC(O)CC1CCCN1C(=N)N. The Hall–Kier alpha value is -3.63. The van der Waals surface area contributed by atoms with Gasteiger partial charge in [-0.1, -0.05) is 68.9 Å². The lowest BCUT2D eigenvalue weighted by molar-refractivity contribution is -0.142. The van der Waals surface area contributed by atoms with Gasteiger partial charge in [-0.3, -0.25) is 15.0 Å². The number of fused-ring (bicyclic) bond motifs is 1. The third kappa shape index (κ3) is 12.3. The van der Waals surface area contributed by atoms with Crippen LogP contribution < -0.4 is 11.1 Å². The summed E-state index contributed by atoms with van der Waals surface area (Å²) in [5, 5.41) is 96.1. The molecule has 61 heavy (non-hydrogen) atoms. The normalized spacial score (nSPS) is 31.1. The van der Waals surface area contributed by atoms with E-state index in [0.29, 0.717) is 44.1 Å². The van der Waals surface area contributed by atoms with Crippen molar-refractivity contribution in [1.82, 2.24) is 10.2 Å². The zero-order valence-corrected chi connectivity index (χ0v) is 37.0. The highest BCUT2D eigenvalue weighted by Gasteiger charge is 2.57. The Balaban J connectivity index is 1.27. The molecule has 4 aliphatic rings. The molecule has 0 aromatic carbocycles. The first-order valence-corrected chi connectivity index (χ1v) is 22.2. The Bertz CT molecular complexity index is 1740. The quantitative estimate of drug-likeness (QED) is 0.0364. The molecule has 0 aromatic heterocycles. The molecule has 0 radical (unpaired) electrons. The number of carbonyl (C=O) groups is 2. The van der Waals surface area contributed by atoms with Crippen LogP contribution in [0.25, 0.3) is 0 Å². The summed E-state index contributed by atoms with van der Waals surface area (Å²) in [4.78, 5) is 28.9. The van der Waals surface area contributed by atoms with Gasteiger partial charge in [0.25, 0.3) is 5.91 Å². The number of rotatable bonds is 20. The van der Waals surface area contributed by atoms with E-state index >= 15 is 0 Å². The van der Waals surface area contributed by atoms with Crippen LogP contribution in [0.1, 0.15) is 106 Å². The number of nitrogens with one attached hydrogen (secondary N) is 2. The molecule has 14 nitrogen and oxygen atoms in total. The molecule has 12 N–H and O–H groups in total. The molecule has 0 spiro atoms. The number of likely N-dealkylation sites (tertiary alicyclic amines) is 1. The van der Waals surface area contributed by atoms with Crippen molar-refractivity contribution in [2.75, 3.05) is 13.1 Å². The van der Waals surface area contributed by atoms with Gasteiger partial charge in [0.05, 0.1) is 49.3 Å². The number of hydrogen-bond donors (Lipinski definition) is 11. The number of hydrogen-bond acceptors (Lipinski definition) is 11. The van der Waals surface area contributed by atoms with E-state index in [4.69, 9.17) is 11.1 Å². The van der Waals surface area contributed by atoms with Crippen LogP contribution in [0.4, 0.5) is 0 Å². The van der Waals surface area contributed by atoms with E-state index in [9.17, 15) is 50.4 Å². The third-order valence-electron chi connectivity index (χ3n) is 14.1. The first kappa shape index (κ1) is 50.0. The molecule has 1 saturated heterocycles. The van der Waals surface area contributed by atoms with Gasteiger partial charge in [0, 0.05) is 29.8 Å². The lowest BCUT2D eigenvalue weighted by Gasteiger charge is -2.53. The van der Waals surface area contributed by atoms with E-state index in [2.05, 4.69) is 5.32 Å². The van der Waals surface area contributed by atoms with Crippen molar-refractivity contribution < 1.29 is 50.4 Å². The number of aliphatic hydroxyl groups excluding tert-OH is 8. The fraction of sp³-hybridized carbons (Fsp3) is 0.681. The Morgan fingerprint density at radius 2 is 1.70 bits per heavy atom. The minimum atomic E-state index is -1.15. The number of carbonyl (C=O) groups excluding carboxylic acids is 2. The Morgan fingerprint density at radius 3 is 2.36 bits per heavy atom. The van der Waals surface area contributed by atoms with Gasteiger partial charge in [0.1, 0.15) is 11.3 Å². The predicted molar refractivity (Wildman–Crippen MR) is 235 cm³/mol. The molecule has 0 bridgehead atoms. The van der Waals surface area contributed by atoms with Crippen molar-refractivity contribution in [2.45, 2.75) is 155 Å². The molecule has 4 rings (SSSR count). The molecular formula is C47H74N4O10. The van der Waals surface area contributed by atoms with Gasteiger partial charge in [-0.2, -0.15) is 0 Å². The van der Waals surface area contributed by atoms with Gasteiger partial charge >= 0.3 is 0 Å². The lowest BCUT2D eigenvalue weighted by Crippen LogP contribution is -2.56. The van der Waals surface area contributed by atoms with E-state index in [-0.39, 0.29) is 66.4 Å². The summed E-state index contributed by atoms with van der Waals surface area (Å²) in [6.07, 6.45) is 11.3. The number of aliphatic hydroxyl groups is 8. The smallest absolute Gasteiger partial charge is 0.258 e. The molecule has 2 heterocycles. The minimum absolute atomic E-state index is 0.0281. The molecule has 1 amide bonds. The molecule has 8 unspecified atom stereocenters. The van der Waals surface area contributed by atoms with Crippen LogP contribution in [-0.4, -0.2) is 125 Å². The van der Waals surface area contributed by atoms with Crippen LogP contribution in [-0.2, 0) is 9.59 Å². The zero-order valence-electron chi connectivity index (χ0n) is 37.0. The van der Waals surface area contributed by atoms with Gasteiger partial charge in [-0.05, 0) is 114 Å². The first-order valence-electron chi connectivity index (χ1n) is 22.2. The van der Waals surface area contributed by atoms with Gasteiger partial charge < -0.3 is 56.8 Å². The van der Waals surface area contributed by atoms with Crippen LogP contribution >= 0.6 is 0 Å². The highest BCUT2D eigenvalue weighted by Crippen LogP contribution is 2.56. The van der Waals surface area contributed by atoms with Crippen LogP contribution in [0.15, 0.2) is 70.6 Å². The Morgan fingerprint density at radius 1 is 1.02 bits per heavy atom. The van der Waals surface area contributed by atoms with Crippen molar-refractivity contribution in [2.24, 2.45) is 40.7 Å². The third-order valence-corrected chi connectivity index (χ3v) is 14.1. The van der Waals surface area contributed by atoms with Crippen molar-refractivity contribution in [3.05, 3.63) is 70.6 Å². The predicted octanol–water partition coefficient (Wildman–Crippen LogP) is 3.61. The summed E-state index contributed by atoms with van der Waals surface area (Å²) in [7, 11) is 0. The number of ketones is 1. The molecular weight excluding hydrogens is 781 g/mol. The molecule has 14 atom stereocenters. The molecule has 2 aliphatic carbocycles. The maximum atomic E-state index is 14.3. The van der Waals surface area contributed by atoms with E-state index in [1.165, 1.54) is 0 Å².